The molecule has 5 nitrogen and oxygen atoms in total. The first-order valence-corrected chi connectivity index (χ1v) is 8.48. The molecule has 1 aromatic carbocycles. The van der Waals surface area contributed by atoms with E-state index in [1.807, 2.05) is 0 Å². The van der Waals surface area contributed by atoms with Crippen molar-refractivity contribution in [3.63, 3.8) is 0 Å². The van der Waals surface area contributed by atoms with Crippen LogP contribution in [0.1, 0.15) is 43.9 Å². The van der Waals surface area contributed by atoms with Gasteiger partial charge in [-0.1, -0.05) is 13.8 Å². The zero-order chi connectivity index (χ0) is 16.8. The Morgan fingerprint density at radius 2 is 1.70 bits per heavy atom. The summed E-state index contributed by atoms with van der Waals surface area (Å²) >= 11 is 0. The molecule has 1 N–H and O–H groups in total. The fourth-order valence-electron chi connectivity index (χ4n) is 3.50. The number of ether oxygens (including phenoxy) is 3. The predicted octanol–water partition coefficient (Wildman–Crippen LogP) is 2.98. The summed E-state index contributed by atoms with van der Waals surface area (Å²) in [6.07, 6.45) is 2.28. The van der Waals surface area contributed by atoms with Gasteiger partial charge in [0.25, 0.3) is 0 Å². The lowest BCUT2D eigenvalue weighted by atomic mass is 9.93. The van der Waals surface area contributed by atoms with Crippen LogP contribution in [0.2, 0.25) is 0 Å². The molecule has 1 aliphatic rings. The van der Waals surface area contributed by atoms with Crippen LogP contribution in [-0.4, -0.2) is 45.9 Å². The molecule has 2 rings (SSSR count). The summed E-state index contributed by atoms with van der Waals surface area (Å²) in [7, 11) is 5.04. The highest BCUT2D eigenvalue weighted by Gasteiger charge is 2.32. The van der Waals surface area contributed by atoms with Gasteiger partial charge in [-0.25, -0.2) is 0 Å². The SMILES string of the molecule is CCCN(CCC)[C@@H]1CNCc2cc(OC)c(OC)c(OC)c21. The summed E-state index contributed by atoms with van der Waals surface area (Å²) in [6.45, 7) is 8.37. The zero-order valence-corrected chi connectivity index (χ0v) is 15.1. The Balaban J connectivity index is 2.54. The molecule has 1 atom stereocenters. The maximum absolute atomic E-state index is 5.75. The average molecular weight is 322 g/mol. The normalized spacial score (nSPS) is 17.0. The maximum atomic E-state index is 5.75. The van der Waals surface area contributed by atoms with Crippen LogP contribution in [0.3, 0.4) is 0 Å². The van der Waals surface area contributed by atoms with Gasteiger partial charge >= 0.3 is 0 Å². The fraction of sp³-hybridized carbons (Fsp3) is 0.667. The molecular formula is C18H30N2O3. The number of fused-ring (bicyclic) bond motifs is 1. The number of rotatable bonds is 8. The monoisotopic (exact) mass is 322 g/mol. The van der Waals surface area contributed by atoms with Crippen LogP contribution in [0.15, 0.2) is 6.07 Å². The molecule has 0 aliphatic carbocycles. The molecule has 1 heterocycles. The zero-order valence-electron chi connectivity index (χ0n) is 15.1. The van der Waals surface area contributed by atoms with Crippen LogP contribution in [0, 0.1) is 0 Å². The first-order valence-electron chi connectivity index (χ1n) is 8.48. The molecule has 0 amide bonds. The van der Waals surface area contributed by atoms with E-state index in [4.69, 9.17) is 14.2 Å². The van der Waals surface area contributed by atoms with E-state index in [-0.39, 0.29) is 0 Å². The summed E-state index contributed by atoms with van der Waals surface area (Å²) in [5.74, 6) is 2.22. The Morgan fingerprint density at radius 3 is 2.22 bits per heavy atom. The highest BCUT2D eigenvalue weighted by Crippen LogP contribution is 2.46. The number of nitrogens with zero attached hydrogens (tertiary/aromatic N) is 1. The quantitative estimate of drug-likeness (QED) is 0.797. The summed E-state index contributed by atoms with van der Waals surface area (Å²) < 4.78 is 16.8. The molecule has 130 valence electrons. The molecule has 1 aliphatic heterocycles. The van der Waals surface area contributed by atoms with Gasteiger partial charge in [0, 0.05) is 18.7 Å². The van der Waals surface area contributed by atoms with E-state index in [9.17, 15) is 0 Å². The molecule has 0 unspecified atom stereocenters. The first kappa shape index (κ1) is 17.9. The second-order valence-corrected chi connectivity index (χ2v) is 5.90. The van der Waals surface area contributed by atoms with Gasteiger partial charge in [-0.2, -0.15) is 0 Å². The van der Waals surface area contributed by atoms with Gasteiger partial charge < -0.3 is 19.5 Å². The van der Waals surface area contributed by atoms with Gasteiger partial charge in [-0.3, -0.25) is 4.90 Å². The molecule has 1 aromatic rings. The fourth-order valence-corrected chi connectivity index (χ4v) is 3.50. The van der Waals surface area contributed by atoms with E-state index in [2.05, 4.69) is 30.1 Å². The van der Waals surface area contributed by atoms with Gasteiger partial charge in [-0.15, -0.1) is 0 Å². The van der Waals surface area contributed by atoms with E-state index in [1.54, 1.807) is 21.3 Å². The van der Waals surface area contributed by atoms with Crippen molar-refractivity contribution >= 4 is 0 Å². The predicted molar refractivity (Wildman–Crippen MR) is 92.7 cm³/mol. The molecule has 0 spiro atoms. The van der Waals surface area contributed by atoms with Crippen LogP contribution in [0.4, 0.5) is 0 Å². The summed E-state index contributed by atoms with van der Waals surface area (Å²) in [4.78, 5) is 2.54. The minimum Gasteiger partial charge on any atom is -0.493 e. The second-order valence-electron chi connectivity index (χ2n) is 5.90. The Kier molecular flexibility index (Phi) is 6.54. The van der Waals surface area contributed by atoms with E-state index in [1.165, 1.54) is 11.1 Å². The largest absolute Gasteiger partial charge is 0.493 e. The summed E-state index contributed by atoms with van der Waals surface area (Å²) in [5.41, 5.74) is 2.47. The standard InChI is InChI=1S/C18H30N2O3/c1-6-8-20(9-7-2)14-12-19-11-13-10-15(21-3)17(22-4)18(23-5)16(13)14/h10,14,19H,6-9,11-12H2,1-5H3/t14-/m1/s1. The van der Waals surface area contributed by atoms with E-state index >= 15 is 0 Å². The van der Waals surface area contributed by atoms with Gasteiger partial charge in [0.05, 0.1) is 27.4 Å². The number of benzene rings is 1. The van der Waals surface area contributed by atoms with Crippen molar-refractivity contribution in [3.8, 4) is 17.2 Å². The minimum absolute atomic E-state index is 0.299. The van der Waals surface area contributed by atoms with Crippen molar-refractivity contribution in [2.45, 2.75) is 39.3 Å². The summed E-state index contributed by atoms with van der Waals surface area (Å²) in [6, 6.07) is 2.37. The van der Waals surface area contributed by atoms with Gasteiger partial charge in [0.15, 0.2) is 11.5 Å². The lowest BCUT2D eigenvalue weighted by molar-refractivity contribution is 0.180. The number of hydrogen-bond donors (Lipinski definition) is 1. The molecule has 0 fully saturated rings. The topological polar surface area (TPSA) is 43.0 Å². The van der Waals surface area contributed by atoms with Crippen molar-refractivity contribution in [3.05, 3.63) is 17.2 Å². The van der Waals surface area contributed by atoms with Crippen molar-refractivity contribution in [2.75, 3.05) is 41.0 Å². The molecule has 23 heavy (non-hydrogen) atoms. The lowest BCUT2D eigenvalue weighted by Gasteiger charge is -2.37. The van der Waals surface area contributed by atoms with Crippen LogP contribution >= 0.6 is 0 Å². The van der Waals surface area contributed by atoms with Crippen LogP contribution in [0.25, 0.3) is 0 Å². The third-order valence-electron chi connectivity index (χ3n) is 4.40. The molecule has 5 heteroatoms. The highest BCUT2D eigenvalue weighted by atomic mass is 16.5. The van der Waals surface area contributed by atoms with Gasteiger partial charge in [0.2, 0.25) is 5.75 Å². The van der Waals surface area contributed by atoms with E-state index in [0.29, 0.717) is 11.8 Å². The molecule has 0 bridgehead atoms. The lowest BCUT2D eigenvalue weighted by Crippen LogP contribution is -2.40. The highest BCUT2D eigenvalue weighted by molar-refractivity contribution is 5.60. The molecule has 0 aromatic heterocycles. The van der Waals surface area contributed by atoms with Crippen molar-refractivity contribution in [1.29, 1.82) is 0 Å². The van der Waals surface area contributed by atoms with E-state index in [0.717, 1.165) is 50.5 Å². The third kappa shape index (κ3) is 3.56. The number of methoxy groups -OCH3 is 3. The Bertz CT molecular complexity index is 513. The average Bonchev–Trinajstić information content (AvgIpc) is 2.59. The smallest absolute Gasteiger partial charge is 0.203 e. The molecule has 0 radical (unpaired) electrons. The van der Waals surface area contributed by atoms with Crippen LogP contribution in [-0.2, 0) is 6.54 Å². The number of nitrogens with one attached hydrogen (secondary N) is 1. The Morgan fingerprint density at radius 1 is 1.04 bits per heavy atom. The maximum Gasteiger partial charge on any atom is 0.203 e. The van der Waals surface area contributed by atoms with Crippen molar-refractivity contribution in [1.82, 2.24) is 10.2 Å². The van der Waals surface area contributed by atoms with Gasteiger partial charge in [-0.05, 0) is 37.6 Å². The van der Waals surface area contributed by atoms with Gasteiger partial charge in [0.1, 0.15) is 0 Å². The van der Waals surface area contributed by atoms with E-state index < -0.39 is 0 Å². The third-order valence-corrected chi connectivity index (χ3v) is 4.40. The molecule has 0 saturated heterocycles. The summed E-state index contributed by atoms with van der Waals surface area (Å²) in [5, 5.41) is 3.53. The van der Waals surface area contributed by atoms with Crippen molar-refractivity contribution < 1.29 is 14.2 Å². The first-order chi connectivity index (χ1) is 11.2. The number of hydrogen-bond acceptors (Lipinski definition) is 5. The second kappa shape index (κ2) is 8.41. The Labute approximate surface area is 139 Å². The van der Waals surface area contributed by atoms with Crippen LogP contribution < -0.4 is 19.5 Å². The van der Waals surface area contributed by atoms with Crippen LogP contribution in [0.5, 0.6) is 17.2 Å². The Hall–Kier alpha value is -1.46. The minimum atomic E-state index is 0.299. The van der Waals surface area contributed by atoms with Crippen molar-refractivity contribution in [2.24, 2.45) is 0 Å². The molecule has 0 saturated carbocycles. The molecular weight excluding hydrogens is 292 g/mol.